The summed E-state index contributed by atoms with van der Waals surface area (Å²) in [5, 5.41) is 33.2. The van der Waals surface area contributed by atoms with Gasteiger partial charge >= 0.3 is 36.4 Å². The number of fused-ring (bicyclic) bond motifs is 1. The minimum Gasteiger partial charge on any atom is -0.475 e. The lowest BCUT2D eigenvalue weighted by molar-refractivity contribution is -0.193. The molecule has 4 heterocycles. The first-order chi connectivity index (χ1) is 25.0. The zero-order valence-electron chi connectivity index (χ0n) is 27.6. The number of piperazine rings is 1. The van der Waals surface area contributed by atoms with E-state index in [1.165, 1.54) is 5.56 Å². The summed E-state index contributed by atoms with van der Waals surface area (Å²) in [6.07, 6.45) is -9.94. The molecule has 1 saturated heterocycles. The van der Waals surface area contributed by atoms with E-state index in [1.807, 2.05) is 34.9 Å². The van der Waals surface area contributed by atoms with Crippen LogP contribution in [0, 0.1) is 0 Å². The molecule has 294 valence electrons. The molecule has 1 atom stereocenters. The third-order valence-electron chi connectivity index (χ3n) is 6.87. The van der Waals surface area contributed by atoms with Crippen LogP contribution in [0.5, 0.6) is 0 Å². The van der Waals surface area contributed by atoms with E-state index in [-0.39, 0.29) is 11.9 Å². The molecule has 1 fully saturated rings. The number of hydrogen-bond donors (Lipinski definition) is 4. The van der Waals surface area contributed by atoms with E-state index in [9.17, 15) is 44.3 Å². The van der Waals surface area contributed by atoms with Gasteiger partial charge in [-0.05, 0) is 36.4 Å². The molecule has 0 saturated carbocycles. The Morgan fingerprint density at radius 2 is 1.30 bits per heavy atom. The largest absolute Gasteiger partial charge is 0.490 e. The Labute approximate surface area is 298 Å². The number of amides is 1. The van der Waals surface area contributed by atoms with Gasteiger partial charge in [0.05, 0.1) is 11.6 Å². The second kappa shape index (κ2) is 19.3. The number of likely N-dealkylation sites (N-methyl/N-ethyl adjacent to an activating group) is 1. The van der Waals surface area contributed by atoms with Gasteiger partial charge in [0.15, 0.2) is 11.5 Å². The Morgan fingerprint density at radius 3 is 1.80 bits per heavy atom. The maximum atomic E-state index is 12.8. The van der Waals surface area contributed by atoms with Crippen LogP contribution >= 0.6 is 0 Å². The summed E-state index contributed by atoms with van der Waals surface area (Å²) >= 11 is 0. The third kappa shape index (κ3) is 14.7. The van der Waals surface area contributed by atoms with Crippen molar-refractivity contribution in [2.24, 2.45) is 0 Å². The number of nitrogens with zero attached hydrogens (tertiary/aromatic N) is 6. The fourth-order valence-corrected chi connectivity index (χ4v) is 4.25. The van der Waals surface area contributed by atoms with Crippen molar-refractivity contribution in [3.05, 3.63) is 95.7 Å². The molecule has 14 nitrogen and oxygen atoms in total. The first kappa shape index (κ1) is 44.3. The van der Waals surface area contributed by atoms with E-state index in [1.54, 1.807) is 18.5 Å². The van der Waals surface area contributed by atoms with Crippen molar-refractivity contribution >= 4 is 29.5 Å². The number of benzene rings is 1. The molecular weight excluding hydrogens is 753 g/mol. The van der Waals surface area contributed by atoms with Crippen LogP contribution in [0.25, 0.3) is 5.65 Å². The Kier molecular flexibility index (Phi) is 15.8. The predicted molar refractivity (Wildman–Crippen MR) is 167 cm³/mol. The number of pyridine rings is 2. The van der Waals surface area contributed by atoms with E-state index in [4.69, 9.17) is 29.7 Å². The average molecular weight is 784 g/mol. The van der Waals surface area contributed by atoms with Crippen LogP contribution in [-0.2, 0) is 27.5 Å². The van der Waals surface area contributed by atoms with Crippen LogP contribution in [0.15, 0.2) is 73.2 Å². The third-order valence-corrected chi connectivity index (χ3v) is 6.87. The van der Waals surface area contributed by atoms with Gasteiger partial charge in [-0.3, -0.25) is 24.0 Å². The second-order valence-electron chi connectivity index (χ2n) is 10.9. The summed E-state index contributed by atoms with van der Waals surface area (Å²) in [5.41, 5.74) is 3.58. The fraction of sp³-hybridized carbons (Fsp3) is 0.323. The monoisotopic (exact) mass is 783 g/mol. The minimum atomic E-state index is -5.08. The summed E-state index contributed by atoms with van der Waals surface area (Å²) in [7, 11) is 2.12. The number of halogens is 9. The van der Waals surface area contributed by atoms with Crippen LogP contribution in [-0.4, -0.2) is 114 Å². The highest BCUT2D eigenvalue weighted by atomic mass is 19.4. The predicted octanol–water partition coefficient (Wildman–Crippen LogP) is 4.44. The number of rotatable bonds is 6. The van der Waals surface area contributed by atoms with Crippen molar-refractivity contribution in [3.63, 3.8) is 0 Å². The van der Waals surface area contributed by atoms with Gasteiger partial charge in [0.2, 0.25) is 0 Å². The first-order valence-electron chi connectivity index (χ1n) is 14.9. The fourth-order valence-electron chi connectivity index (χ4n) is 4.25. The number of alkyl halides is 9. The van der Waals surface area contributed by atoms with E-state index in [0.717, 1.165) is 43.2 Å². The summed E-state index contributed by atoms with van der Waals surface area (Å²) in [5.74, 6) is -7.55. The number of carbonyl (C=O) groups excluding carboxylic acids is 1. The molecule has 3 aromatic heterocycles. The van der Waals surface area contributed by atoms with Crippen LogP contribution < -0.4 is 5.32 Å². The molecule has 0 spiro atoms. The molecule has 54 heavy (non-hydrogen) atoms. The quantitative estimate of drug-likeness (QED) is 0.202. The Hall–Kier alpha value is -5.84. The number of aromatic nitrogens is 4. The van der Waals surface area contributed by atoms with Crippen LogP contribution in [0.4, 0.5) is 39.5 Å². The molecule has 1 aliphatic rings. The molecule has 1 unspecified atom stereocenters. The van der Waals surface area contributed by atoms with Gasteiger partial charge in [-0.25, -0.2) is 14.4 Å². The Bertz CT molecular complexity index is 1780. The summed E-state index contributed by atoms with van der Waals surface area (Å²) in [6.45, 7) is 4.13. The van der Waals surface area contributed by atoms with Gasteiger partial charge in [-0.2, -0.15) is 39.5 Å². The molecule has 23 heteroatoms. The van der Waals surface area contributed by atoms with Crippen molar-refractivity contribution in [2.75, 3.05) is 26.7 Å². The number of carbonyl (C=O) groups is 4. The van der Waals surface area contributed by atoms with E-state index in [0.29, 0.717) is 12.1 Å². The van der Waals surface area contributed by atoms with Gasteiger partial charge in [0, 0.05) is 51.3 Å². The number of carboxylic acid groups (broad SMARTS) is 3. The highest BCUT2D eigenvalue weighted by Crippen LogP contribution is 2.25. The topological polar surface area (TPSA) is 191 Å². The smallest absolute Gasteiger partial charge is 0.475 e. The number of nitrogens with one attached hydrogen (secondary N) is 1. The highest BCUT2D eigenvalue weighted by Gasteiger charge is 2.39. The normalized spacial score (nSPS) is 15.0. The summed E-state index contributed by atoms with van der Waals surface area (Å²) < 4.78 is 97.2. The lowest BCUT2D eigenvalue weighted by atomic mass is 10.1. The molecule has 0 radical (unpaired) electrons. The first-order valence-corrected chi connectivity index (χ1v) is 14.9. The zero-order valence-corrected chi connectivity index (χ0v) is 27.6. The van der Waals surface area contributed by atoms with Crippen molar-refractivity contribution in [2.45, 2.75) is 37.7 Å². The van der Waals surface area contributed by atoms with Crippen LogP contribution in [0.3, 0.4) is 0 Å². The van der Waals surface area contributed by atoms with Gasteiger partial charge in [0.25, 0.3) is 5.91 Å². The van der Waals surface area contributed by atoms with E-state index < -0.39 is 36.4 Å². The molecule has 5 rings (SSSR count). The van der Waals surface area contributed by atoms with Crippen molar-refractivity contribution in [1.82, 2.24) is 34.7 Å². The summed E-state index contributed by atoms with van der Waals surface area (Å²) in [4.78, 5) is 48.3. The van der Waals surface area contributed by atoms with Crippen molar-refractivity contribution in [3.8, 4) is 0 Å². The Balaban J connectivity index is 0.000000393. The lowest BCUT2D eigenvalue weighted by Crippen LogP contribution is -2.46. The molecule has 4 N–H and O–H groups in total. The average Bonchev–Trinajstić information content (AvgIpc) is 3.52. The van der Waals surface area contributed by atoms with Gasteiger partial charge in [-0.1, -0.05) is 36.4 Å². The summed E-state index contributed by atoms with van der Waals surface area (Å²) in [6, 6.07) is 18.1. The van der Waals surface area contributed by atoms with Gasteiger partial charge in [-0.15, -0.1) is 10.2 Å². The van der Waals surface area contributed by atoms with Crippen molar-refractivity contribution in [1.29, 1.82) is 0 Å². The zero-order chi connectivity index (χ0) is 40.9. The van der Waals surface area contributed by atoms with Gasteiger partial charge in [0.1, 0.15) is 0 Å². The number of carboxylic acids is 3. The molecule has 1 aromatic carbocycles. The molecule has 1 aliphatic heterocycles. The lowest BCUT2D eigenvalue weighted by Gasteiger charge is -2.38. The molecule has 1 amide bonds. The molecule has 0 bridgehead atoms. The minimum absolute atomic E-state index is 0.0890. The SMILES string of the molecule is CN1CCN(Cc2ccccc2)CC1c1nnc2ccc(C(=O)NCc3cccnc3)cn12.O=C(O)C(F)(F)F.O=C(O)C(F)(F)F.O=C(O)C(F)(F)F. The van der Waals surface area contributed by atoms with Gasteiger partial charge < -0.3 is 20.6 Å². The number of hydrogen-bond acceptors (Lipinski definition) is 9. The van der Waals surface area contributed by atoms with Crippen LogP contribution in [0.2, 0.25) is 0 Å². The van der Waals surface area contributed by atoms with Crippen molar-refractivity contribution < 1.29 is 74.0 Å². The van der Waals surface area contributed by atoms with E-state index in [2.05, 4.69) is 61.6 Å². The van der Waals surface area contributed by atoms with E-state index >= 15 is 0 Å². The standard InChI is InChI=1S/C25H27N7O.3C2HF3O2/c1-30-12-13-31(16-19-6-3-2-4-7-19)18-22(30)24-29-28-23-10-9-21(17-32(23)24)25(33)27-15-20-8-5-11-26-14-20;3*3-2(4,5)1(6)7/h2-11,14,17,22H,12-13,15-16,18H2,1H3,(H,27,33);3*(H,6,7). The Morgan fingerprint density at radius 1 is 0.759 bits per heavy atom. The maximum absolute atomic E-state index is 12.8. The highest BCUT2D eigenvalue weighted by molar-refractivity contribution is 5.94. The second-order valence-corrected chi connectivity index (χ2v) is 10.9. The number of aliphatic carboxylic acids is 3. The van der Waals surface area contributed by atoms with Crippen LogP contribution in [0.1, 0.15) is 33.4 Å². The molecule has 4 aromatic rings. The molecule has 0 aliphatic carbocycles. The molecular formula is C31H30F9N7O7. The maximum Gasteiger partial charge on any atom is 0.490 e.